The predicted molar refractivity (Wildman–Crippen MR) is 101 cm³/mol. The highest BCUT2D eigenvalue weighted by Crippen LogP contribution is 2.28. The molecular formula is C18H24N2OS2. The van der Waals surface area contributed by atoms with Crippen molar-refractivity contribution >= 4 is 39.2 Å². The molecule has 124 valence electrons. The average molecular weight is 349 g/mol. The summed E-state index contributed by atoms with van der Waals surface area (Å²) in [5.74, 6) is 1.16. The number of benzene rings is 1. The molecule has 1 fully saturated rings. The lowest BCUT2D eigenvalue weighted by Crippen LogP contribution is -2.25. The van der Waals surface area contributed by atoms with Crippen LogP contribution in [0.25, 0.3) is 10.2 Å². The topological polar surface area (TPSA) is 42.0 Å². The van der Waals surface area contributed by atoms with Gasteiger partial charge in [0, 0.05) is 17.4 Å². The van der Waals surface area contributed by atoms with Gasteiger partial charge in [-0.3, -0.25) is 4.79 Å². The highest BCUT2D eigenvalue weighted by Gasteiger charge is 2.13. The maximum absolute atomic E-state index is 12.2. The van der Waals surface area contributed by atoms with Crippen LogP contribution in [0.1, 0.15) is 53.9 Å². The van der Waals surface area contributed by atoms with Crippen molar-refractivity contribution in [2.45, 2.75) is 50.7 Å². The molecule has 0 radical (unpaired) electrons. The maximum Gasteiger partial charge on any atom is 0.251 e. The SMILES string of the molecule is Cc1nc2cc(C(=O)NCCCSC3CCCCC3)ccc2s1. The maximum atomic E-state index is 12.2. The second kappa shape index (κ2) is 8.15. The minimum absolute atomic E-state index is 0.0141. The van der Waals surface area contributed by atoms with Gasteiger partial charge in [0.2, 0.25) is 0 Å². The van der Waals surface area contributed by atoms with Crippen molar-refractivity contribution in [3.63, 3.8) is 0 Å². The molecule has 0 unspecified atom stereocenters. The number of amides is 1. The van der Waals surface area contributed by atoms with E-state index in [9.17, 15) is 4.79 Å². The summed E-state index contributed by atoms with van der Waals surface area (Å²) in [6, 6.07) is 5.78. The van der Waals surface area contributed by atoms with Crippen LogP contribution in [0.4, 0.5) is 0 Å². The van der Waals surface area contributed by atoms with E-state index in [0.717, 1.165) is 39.2 Å². The van der Waals surface area contributed by atoms with Gasteiger partial charge in [0.05, 0.1) is 15.2 Å². The molecule has 3 rings (SSSR count). The lowest BCUT2D eigenvalue weighted by molar-refractivity contribution is 0.0954. The van der Waals surface area contributed by atoms with E-state index < -0.39 is 0 Å². The number of thioether (sulfide) groups is 1. The molecule has 1 heterocycles. The van der Waals surface area contributed by atoms with Crippen LogP contribution >= 0.6 is 23.1 Å². The lowest BCUT2D eigenvalue weighted by Gasteiger charge is -2.20. The number of aryl methyl sites for hydroxylation is 1. The molecule has 1 aliphatic carbocycles. The molecule has 1 amide bonds. The smallest absolute Gasteiger partial charge is 0.251 e. The summed E-state index contributed by atoms with van der Waals surface area (Å²) in [4.78, 5) is 16.7. The Bertz CT molecular complexity index is 662. The average Bonchev–Trinajstić information content (AvgIpc) is 2.94. The second-order valence-corrected chi connectivity index (χ2v) is 8.80. The number of nitrogens with one attached hydrogen (secondary N) is 1. The van der Waals surface area contributed by atoms with Crippen molar-refractivity contribution in [3.05, 3.63) is 28.8 Å². The van der Waals surface area contributed by atoms with Gasteiger partial charge in [0.1, 0.15) is 0 Å². The van der Waals surface area contributed by atoms with E-state index in [4.69, 9.17) is 0 Å². The number of carbonyl (C=O) groups excluding carboxylic acids is 1. The first-order valence-electron chi connectivity index (χ1n) is 8.49. The van der Waals surface area contributed by atoms with E-state index in [1.165, 1.54) is 32.1 Å². The third kappa shape index (κ3) is 4.70. The van der Waals surface area contributed by atoms with Crippen LogP contribution in [0.2, 0.25) is 0 Å². The van der Waals surface area contributed by atoms with E-state index in [1.54, 1.807) is 11.3 Å². The first-order chi connectivity index (χ1) is 11.2. The minimum atomic E-state index is 0.0141. The fourth-order valence-corrected chi connectivity index (χ4v) is 5.16. The monoisotopic (exact) mass is 348 g/mol. The molecule has 1 saturated carbocycles. The van der Waals surface area contributed by atoms with E-state index >= 15 is 0 Å². The number of fused-ring (bicyclic) bond motifs is 1. The number of hydrogen-bond donors (Lipinski definition) is 1. The van der Waals surface area contributed by atoms with E-state index in [1.807, 2.05) is 25.1 Å². The van der Waals surface area contributed by atoms with Crippen LogP contribution in [0.15, 0.2) is 18.2 Å². The van der Waals surface area contributed by atoms with E-state index in [2.05, 4.69) is 22.1 Å². The Morgan fingerprint density at radius 2 is 2.17 bits per heavy atom. The summed E-state index contributed by atoms with van der Waals surface area (Å²) >= 11 is 3.75. The molecule has 1 N–H and O–H groups in total. The first kappa shape index (κ1) is 16.8. The van der Waals surface area contributed by atoms with Gasteiger partial charge in [-0.1, -0.05) is 19.3 Å². The van der Waals surface area contributed by atoms with Crippen molar-refractivity contribution < 1.29 is 4.79 Å². The Hall–Kier alpha value is -1.07. The zero-order chi connectivity index (χ0) is 16.1. The quantitative estimate of drug-likeness (QED) is 0.763. The molecule has 0 saturated heterocycles. The highest BCUT2D eigenvalue weighted by molar-refractivity contribution is 7.99. The predicted octanol–water partition coefficient (Wildman–Crippen LogP) is 4.79. The Kier molecular flexibility index (Phi) is 5.95. The largest absolute Gasteiger partial charge is 0.352 e. The number of hydrogen-bond acceptors (Lipinski definition) is 4. The summed E-state index contributed by atoms with van der Waals surface area (Å²) in [6.07, 6.45) is 8.01. The number of aromatic nitrogens is 1. The number of rotatable bonds is 6. The molecule has 5 heteroatoms. The molecule has 2 aromatic rings. The number of nitrogens with zero attached hydrogens (tertiary/aromatic N) is 1. The molecule has 23 heavy (non-hydrogen) atoms. The third-order valence-corrected chi connectivity index (χ3v) is 6.69. The standard InChI is InChI=1S/C18H24N2OS2/c1-13-20-16-12-14(8-9-17(16)23-13)18(21)19-10-5-11-22-15-6-3-2-4-7-15/h8-9,12,15H,2-7,10-11H2,1H3,(H,19,21). The van der Waals surface area contributed by atoms with E-state index in [0.29, 0.717) is 5.56 Å². The zero-order valence-electron chi connectivity index (χ0n) is 13.6. The Morgan fingerprint density at radius 3 is 3.00 bits per heavy atom. The molecule has 0 spiro atoms. The number of carbonyl (C=O) groups is 1. The molecule has 1 aromatic carbocycles. The summed E-state index contributed by atoms with van der Waals surface area (Å²) in [6.45, 7) is 2.75. The third-order valence-electron chi connectivity index (χ3n) is 4.27. The Labute approximate surface area is 146 Å². The van der Waals surface area contributed by atoms with Crippen LogP contribution in [-0.2, 0) is 0 Å². The second-order valence-electron chi connectivity index (χ2n) is 6.16. The van der Waals surface area contributed by atoms with Crippen molar-refractivity contribution in [1.82, 2.24) is 10.3 Å². The van der Waals surface area contributed by atoms with Crippen LogP contribution in [-0.4, -0.2) is 28.4 Å². The first-order valence-corrected chi connectivity index (χ1v) is 10.4. The molecule has 1 aromatic heterocycles. The van der Waals surface area contributed by atoms with Crippen molar-refractivity contribution in [3.8, 4) is 0 Å². The summed E-state index contributed by atoms with van der Waals surface area (Å²) < 4.78 is 1.14. The normalized spacial score (nSPS) is 15.9. The highest BCUT2D eigenvalue weighted by atomic mass is 32.2. The Balaban J connectivity index is 1.41. The summed E-state index contributed by atoms with van der Waals surface area (Å²) in [7, 11) is 0. The fraction of sp³-hybridized carbons (Fsp3) is 0.556. The van der Waals surface area contributed by atoms with Crippen LogP contribution in [0.3, 0.4) is 0 Å². The van der Waals surface area contributed by atoms with Gasteiger partial charge >= 0.3 is 0 Å². The molecule has 1 aliphatic rings. The Morgan fingerprint density at radius 1 is 1.35 bits per heavy atom. The van der Waals surface area contributed by atoms with Gasteiger partial charge in [-0.25, -0.2) is 4.98 Å². The fourth-order valence-electron chi connectivity index (χ4n) is 3.04. The molecular weight excluding hydrogens is 324 g/mol. The van der Waals surface area contributed by atoms with Gasteiger partial charge in [0.25, 0.3) is 5.91 Å². The van der Waals surface area contributed by atoms with Crippen LogP contribution < -0.4 is 5.32 Å². The van der Waals surface area contributed by atoms with Gasteiger partial charge in [-0.05, 0) is 50.1 Å². The molecule has 0 aliphatic heterocycles. The molecule has 0 bridgehead atoms. The zero-order valence-corrected chi connectivity index (χ0v) is 15.3. The minimum Gasteiger partial charge on any atom is -0.352 e. The number of thiazole rings is 1. The molecule has 0 atom stereocenters. The molecule has 3 nitrogen and oxygen atoms in total. The van der Waals surface area contributed by atoms with Gasteiger partial charge in [0.15, 0.2) is 0 Å². The van der Waals surface area contributed by atoms with Gasteiger partial charge in [-0.2, -0.15) is 11.8 Å². The summed E-state index contributed by atoms with van der Waals surface area (Å²) in [5.41, 5.74) is 1.63. The van der Waals surface area contributed by atoms with Gasteiger partial charge in [-0.15, -0.1) is 11.3 Å². The summed E-state index contributed by atoms with van der Waals surface area (Å²) in [5, 5.41) is 4.93. The van der Waals surface area contributed by atoms with Crippen LogP contribution in [0.5, 0.6) is 0 Å². The van der Waals surface area contributed by atoms with Crippen molar-refractivity contribution in [1.29, 1.82) is 0 Å². The van der Waals surface area contributed by atoms with E-state index in [-0.39, 0.29) is 5.91 Å². The van der Waals surface area contributed by atoms with Crippen molar-refractivity contribution in [2.75, 3.05) is 12.3 Å². The van der Waals surface area contributed by atoms with Gasteiger partial charge < -0.3 is 5.32 Å². The lowest BCUT2D eigenvalue weighted by atomic mass is 10.0. The van der Waals surface area contributed by atoms with Crippen LogP contribution in [0, 0.1) is 6.92 Å². The van der Waals surface area contributed by atoms with Crippen molar-refractivity contribution in [2.24, 2.45) is 0 Å².